The van der Waals surface area contributed by atoms with Gasteiger partial charge in [0.1, 0.15) is 5.83 Å². The zero-order chi connectivity index (χ0) is 22.6. The Morgan fingerprint density at radius 3 is 1.59 bits per heavy atom. The summed E-state index contributed by atoms with van der Waals surface area (Å²) >= 11 is 0. The molecule has 0 aliphatic carbocycles. The first-order chi connectivity index (χ1) is 13.5. The molecule has 0 amide bonds. The Bertz CT molecular complexity index is 500. The third-order valence-corrected chi connectivity index (χ3v) is 7.47. The van der Waals surface area contributed by atoms with Crippen LogP contribution in [0.5, 0.6) is 0 Å². The molecule has 29 heavy (non-hydrogen) atoms. The summed E-state index contributed by atoms with van der Waals surface area (Å²) in [6.45, 7) is 26.3. The van der Waals surface area contributed by atoms with Crippen LogP contribution in [0.2, 0.25) is 0 Å². The monoisotopic (exact) mass is 406 g/mol. The third-order valence-electron chi connectivity index (χ3n) is 7.47. The molecule has 6 unspecified atom stereocenters. The fourth-order valence-electron chi connectivity index (χ4n) is 3.56. The fourth-order valence-corrected chi connectivity index (χ4v) is 3.56. The summed E-state index contributed by atoms with van der Waals surface area (Å²) in [4.78, 5) is 0. The molecule has 6 atom stereocenters. The van der Waals surface area contributed by atoms with E-state index in [0.29, 0.717) is 23.3 Å². The average Bonchev–Trinajstić information content (AvgIpc) is 2.71. The Morgan fingerprint density at radius 2 is 1.10 bits per heavy atom. The number of halogens is 1. The number of hydrogen-bond donors (Lipinski definition) is 0. The zero-order valence-electron chi connectivity index (χ0n) is 21.0. The summed E-state index contributed by atoms with van der Waals surface area (Å²) in [7, 11) is 0. The van der Waals surface area contributed by atoms with Gasteiger partial charge in [-0.2, -0.15) is 0 Å². The predicted octanol–water partition coefficient (Wildman–Crippen LogP) is 9.93. The molecule has 0 saturated heterocycles. The van der Waals surface area contributed by atoms with E-state index in [1.54, 1.807) is 6.08 Å². The molecular weight excluding hydrogens is 355 g/mol. The van der Waals surface area contributed by atoms with Crippen LogP contribution in [0.4, 0.5) is 4.39 Å². The van der Waals surface area contributed by atoms with E-state index in [0.717, 1.165) is 36.7 Å². The van der Waals surface area contributed by atoms with Crippen molar-refractivity contribution in [2.24, 2.45) is 35.5 Å². The lowest BCUT2D eigenvalue weighted by Crippen LogP contribution is -2.11. The summed E-state index contributed by atoms with van der Waals surface area (Å²) in [5, 5.41) is 0. The van der Waals surface area contributed by atoms with Gasteiger partial charge in [0.25, 0.3) is 0 Å². The molecule has 0 aliphatic heterocycles. The van der Waals surface area contributed by atoms with E-state index in [4.69, 9.17) is 0 Å². The van der Waals surface area contributed by atoms with E-state index >= 15 is 0 Å². The first-order valence-electron chi connectivity index (χ1n) is 12.3. The van der Waals surface area contributed by atoms with Crippen LogP contribution in [0.1, 0.15) is 107 Å². The van der Waals surface area contributed by atoms with Gasteiger partial charge in [-0.05, 0) is 72.0 Å². The average molecular weight is 407 g/mol. The summed E-state index contributed by atoms with van der Waals surface area (Å²) < 4.78 is 14.7. The Labute approximate surface area is 183 Å². The van der Waals surface area contributed by atoms with Crippen LogP contribution in [0, 0.1) is 35.5 Å². The van der Waals surface area contributed by atoms with Crippen LogP contribution >= 0.6 is 0 Å². The SMILES string of the molecule is C=C(/C=C(/F)C(=C)C(C)CCC(C)CC)C(C)CCC(C)C(C)CCC(C)CC. The predicted molar refractivity (Wildman–Crippen MR) is 131 cm³/mol. The summed E-state index contributed by atoms with van der Waals surface area (Å²) in [6, 6.07) is 0. The van der Waals surface area contributed by atoms with Gasteiger partial charge in [0, 0.05) is 0 Å². The van der Waals surface area contributed by atoms with Gasteiger partial charge in [0.15, 0.2) is 0 Å². The van der Waals surface area contributed by atoms with Gasteiger partial charge in [0.2, 0.25) is 0 Å². The normalized spacial score (nSPS) is 18.6. The Balaban J connectivity index is 4.50. The van der Waals surface area contributed by atoms with Crippen molar-refractivity contribution in [3.05, 3.63) is 36.2 Å². The highest BCUT2D eigenvalue weighted by molar-refractivity contribution is 5.32. The summed E-state index contributed by atoms with van der Waals surface area (Å²) in [5.74, 6) is 3.32. The van der Waals surface area contributed by atoms with E-state index in [-0.39, 0.29) is 11.7 Å². The molecule has 0 nitrogen and oxygen atoms in total. The van der Waals surface area contributed by atoms with Crippen LogP contribution in [0.25, 0.3) is 0 Å². The smallest absolute Gasteiger partial charge is 0.126 e. The molecule has 0 bridgehead atoms. The van der Waals surface area contributed by atoms with E-state index < -0.39 is 0 Å². The molecule has 1 heteroatoms. The maximum absolute atomic E-state index is 14.7. The highest BCUT2D eigenvalue weighted by Gasteiger charge is 2.17. The van der Waals surface area contributed by atoms with Crippen LogP contribution < -0.4 is 0 Å². The maximum Gasteiger partial charge on any atom is 0.126 e. The highest BCUT2D eigenvalue weighted by Crippen LogP contribution is 2.30. The number of hydrogen-bond acceptors (Lipinski definition) is 0. The molecule has 0 N–H and O–H groups in total. The minimum Gasteiger partial charge on any atom is -0.207 e. The third kappa shape index (κ3) is 11.8. The lowest BCUT2D eigenvalue weighted by molar-refractivity contribution is 0.301. The van der Waals surface area contributed by atoms with Crippen LogP contribution in [-0.4, -0.2) is 0 Å². The fraction of sp³-hybridized carbons (Fsp3) is 0.786. The van der Waals surface area contributed by atoms with Crippen molar-refractivity contribution >= 4 is 0 Å². The second-order valence-electron chi connectivity index (χ2n) is 10.1. The molecule has 0 aliphatic rings. The molecule has 170 valence electrons. The first kappa shape index (κ1) is 28.1. The minimum atomic E-state index is -0.173. The van der Waals surface area contributed by atoms with E-state index in [1.165, 1.54) is 32.1 Å². The lowest BCUT2D eigenvalue weighted by atomic mass is 9.83. The Morgan fingerprint density at radius 1 is 0.690 bits per heavy atom. The molecule has 0 aromatic heterocycles. The van der Waals surface area contributed by atoms with Crippen molar-refractivity contribution in [1.29, 1.82) is 0 Å². The second-order valence-corrected chi connectivity index (χ2v) is 10.1. The topological polar surface area (TPSA) is 0 Å². The van der Waals surface area contributed by atoms with E-state index in [2.05, 4.69) is 68.5 Å². The summed E-state index contributed by atoms with van der Waals surface area (Å²) in [5.41, 5.74) is 1.53. The molecule has 0 fully saturated rings. The molecule has 0 aromatic rings. The van der Waals surface area contributed by atoms with Gasteiger partial charge in [-0.25, -0.2) is 4.39 Å². The molecule has 0 saturated carbocycles. The molecule has 0 radical (unpaired) electrons. The highest BCUT2D eigenvalue weighted by atomic mass is 19.1. The number of rotatable bonds is 16. The quantitative estimate of drug-likeness (QED) is 0.224. The summed E-state index contributed by atoms with van der Waals surface area (Å²) in [6.07, 6.45) is 11.1. The van der Waals surface area contributed by atoms with Gasteiger partial charge in [-0.3, -0.25) is 0 Å². The van der Waals surface area contributed by atoms with Crippen molar-refractivity contribution in [2.75, 3.05) is 0 Å². The van der Waals surface area contributed by atoms with Crippen molar-refractivity contribution in [3.8, 4) is 0 Å². The van der Waals surface area contributed by atoms with Crippen LogP contribution in [0.15, 0.2) is 36.2 Å². The molecule has 0 heterocycles. The molecule has 0 rings (SSSR count). The number of allylic oxidation sites excluding steroid dienone is 4. The van der Waals surface area contributed by atoms with Crippen molar-refractivity contribution in [2.45, 2.75) is 107 Å². The van der Waals surface area contributed by atoms with E-state index in [9.17, 15) is 4.39 Å². The molecule has 0 aromatic carbocycles. The Hall–Kier alpha value is -0.850. The maximum atomic E-state index is 14.7. The van der Waals surface area contributed by atoms with Crippen molar-refractivity contribution < 1.29 is 4.39 Å². The van der Waals surface area contributed by atoms with Gasteiger partial charge in [-0.15, -0.1) is 0 Å². The lowest BCUT2D eigenvalue weighted by Gasteiger charge is -2.23. The second kappa shape index (κ2) is 15.0. The largest absolute Gasteiger partial charge is 0.207 e. The van der Waals surface area contributed by atoms with Gasteiger partial charge in [0.05, 0.1) is 0 Å². The first-order valence-corrected chi connectivity index (χ1v) is 12.3. The van der Waals surface area contributed by atoms with Crippen molar-refractivity contribution in [3.63, 3.8) is 0 Å². The van der Waals surface area contributed by atoms with Crippen molar-refractivity contribution in [1.82, 2.24) is 0 Å². The van der Waals surface area contributed by atoms with E-state index in [1.807, 2.05) is 0 Å². The molecule has 0 spiro atoms. The van der Waals surface area contributed by atoms with Crippen LogP contribution in [0.3, 0.4) is 0 Å². The van der Waals surface area contributed by atoms with Gasteiger partial charge < -0.3 is 0 Å². The zero-order valence-corrected chi connectivity index (χ0v) is 21.0. The van der Waals surface area contributed by atoms with Gasteiger partial charge >= 0.3 is 0 Å². The van der Waals surface area contributed by atoms with Crippen LogP contribution in [-0.2, 0) is 0 Å². The molecular formula is C28H51F. The minimum absolute atomic E-state index is 0.173. The Kier molecular flexibility index (Phi) is 14.6. The van der Waals surface area contributed by atoms with Gasteiger partial charge in [-0.1, -0.05) is 101 Å². The standard InChI is InChI=1S/C28H51F/c1-11-20(3)13-15-22(5)23(6)17-18-24(7)26(9)19-28(29)27(10)25(8)16-14-21(4)12-2/h19-25H,9-18H2,1-8H3/b28-19+.